The molecule has 0 bridgehead atoms. The van der Waals surface area contributed by atoms with Gasteiger partial charge in [0, 0.05) is 31.7 Å². The fourth-order valence-corrected chi connectivity index (χ4v) is 3.08. The van der Waals surface area contributed by atoms with Crippen LogP contribution < -0.4 is 10.3 Å². The number of aromatic nitrogens is 1. The van der Waals surface area contributed by atoms with Crippen LogP contribution >= 0.6 is 0 Å². The molecule has 0 N–H and O–H groups in total. The van der Waals surface area contributed by atoms with E-state index < -0.39 is 29.8 Å². The molecule has 0 spiro atoms. The minimum atomic E-state index is -1.62. The van der Waals surface area contributed by atoms with Crippen molar-refractivity contribution in [2.45, 2.75) is 65.6 Å². The van der Waals surface area contributed by atoms with Gasteiger partial charge in [-0.15, -0.1) is 0 Å². The standard InChI is InChI=1S/C23H29NO7/c1-5-10-17(25)29-21-15-13-8-9-14-16(15)24(4)22(28)20(21)23(30-18(26)11-6-2)31-19(27)12-7-3/h8-9,13-14,23H,5-7,10-12H2,1-4H3. The van der Waals surface area contributed by atoms with Crippen LogP contribution in [0.1, 0.15) is 71.1 Å². The number of hydrogen-bond acceptors (Lipinski definition) is 7. The second-order valence-electron chi connectivity index (χ2n) is 7.16. The number of carbonyl (C=O) groups is 3. The molecule has 0 saturated heterocycles. The van der Waals surface area contributed by atoms with Crippen LogP contribution in [0.4, 0.5) is 0 Å². The zero-order valence-corrected chi connectivity index (χ0v) is 18.4. The van der Waals surface area contributed by atoms with Gasteiger partial charge in [0.05, 0.1) is 5.52 Å². The minimum absolute atomic E-state index is 0.0595. The van der Waals surface area contributed by atoms with Gasteiger partial charge in [0.1, 0.15) is 5.56 Å². The Morgan fingerprint density at radius 1 is 0.871 bits per heavy atom. The molecule has 0 amide bonds. The SMILES string of the molecule is CCCC(=O)Oc1c(C(OC(=O)CCC)OC(=O)CCC)c(=O)n(C)c2ccccc12. The molecule has 1 heterocycles. The van der Waals surface area contributed by atoms with E-state index >= 15 is 0 Å². The van der Waals surface area contributed by atoms with Crippen molar-refractivity contribution in [1.82, 2.24) is 4.57 Å². The second kappa shape index (κ2) is 11.3. The van der Waals surface area contributed by atoms with Crippen molar-refractivity contribution in [3.05, 3.63) is 40.2 Å². The van der Waals surface area contributed by atoms with Crippen molar-refractivity contribution in [3.63, 3.8) is 0 Å². The van der Waals surface area contributed by atoms with Crippen LogP contribution in [-0.2, 0) is 30.9 Å². The van der Waals surface area contributed by atoms with E-state index in [1.165, 1.54) is 4.57 Å². The summed E-state index contributed by atoms with van der Waals surface area (Å²) in [5.41, 5.74) is -0.259. The maximum absolute atomic E-state index is 13.3. The van der Waals surface area contributed by atoms with Gasteiger partial charge in [0.2, 0.25) is 0 Å². The van der Waals surface area contributed by atoms with Crippen molar-refractivity contribution >= 4 is 28.8 Å². The number of ether oxygens (including phenoxy) is 3. The molecule has 2 rings (SSSR count). The highest BCUT2D eigenvalue weighted by atomic mass is 16.7. The van der Waals surface area contributed by atoms with E-state index in [1.54, 1.807) is 45.2 Å². The molecule has 31 heavy (non-hydrogen) atoms. The number of para-hydroxylation sites is 1. The van der Waals surface area contributed by atoms with Crippen molar-refractivity contribution in [2.75, 3.05) is 0 Å². The van der Waals surface area contributed by atoms with Gasteiger partial charge in [0.15, 0.2) is 5.75 Å². The van der Waals surface area contributed by atoms with E-state index in [-0.39, 0.29) is 30.6 Å². The van der Waals surface area contributed by atoms with Crippen molar-refractivity contribution < 1.29 is 28.6 Å². The number of esters is 3. The Morgan fingerprint density at radius 3 is 1.94 bits per heavy atom. The number of nitrogens with zero attached hydrogens (tertiary/aromatic N) is 1. The highest BCUT2D eigenvalue weighted by Gasteiger charge is 2.31. The quantitative estimate of drug-likeness (QED) is 0.415. The van der Waals surface area contributed by atoms with Crippen LogP contribution in [0, 0.1) is 0 Å². The Bertz CT molecular complexity index is 989. The summed E-state index contributed by atoms with van der Waals surface area (Å²) in [4.78, 5) is 50.0. The maximum Gasteiger partial charge on any atom is 0.311 e. The predicted molar refractivity (Wildman–Crippen MR) is 114 cm³/mol. The average molecular weight is 431 g/mol. The molecule has 0 aliphatic carbocycles. The third kappa shape index (κ3) is 5.93. The molecule has 1 aromatic heterocycles. The summed E-state index contributed by atoms with van der Waals surface area (Å²) in [6, 6.07) is 6.87. The number of carbonyl (C=O) groups excluding carboxylic acids is 3. The Kier molecular flexibility index (Phi) is 8.78. The van der Waals surface area contributed by atoms with Crippen molar-refractivity contribution in [3.8, 4) is 5.75 Å². The summed E-state index contributed by atoms with van der Waals surface area (Å²) in [6.07, 6.45) is 0.272. The Hall–Kier alpha value is -3.16. The summed E-state index contributed by atoms with van der Waals surface area (Å²) < 4.78 is 17.7. The van der Waals surface area contributed by atoms with Gasteiger partial charge in [-0.3, -0.25) is 19.2 Å². The van der Waals surface area contributed by atoms with E-state index in [9.17, 15) is 19.2 Å². The molecular formula is C23H29NO7. The molecule has 0 atom stereocenters. The topological polar surface area (TPSA) is 101 Å². The molecule has 0 unspecified atom stereocenters. The van der Waals surface area contributed by atoms with Crippen molar-refractivity contribution in [1.29, 1.82) is 0 Å². The van der Waals surface area contributed by atoms with Crippen LogP contribution in [0.25, 0.3) is 10.9 Å². The smallest absolute Gasteiger partial charge is 0.311 e. The predicted octanol–water partition coefficient (Wildman–Crippen LogP) is 3.93. The first kappa shape index (κ1) is 24.1. The number of fused-ring (bicyclic) bond motifs is 1. The Morgan fingerprint density at radius 2 is 1.39 bits per heavy atom. The van der Waals surface area contributed by atoms with Crippen LogP contribution in [-0.4, -0.2) is 22.5 Å². The van der Waals surface area contributed by atoms with Crippen LogP contribution in [0.5, 0.6) is 5.75 Å². The van der Waals surface area contributed by atoms with E-state index in [1.807, 2.05) is 6.92 Å². The largest absolute Gasteiger partial charge is 0.425 e. The number of pyridine rings is 1. The fraction of sp³-hybridized carbons (Fsp3) is 0.478. The monoisotopic (exact) mass is 431 g/mol. The first-order chi connectivity index (χ1) is 14.8. The van der Waals surface area contributed by atoms with Gasteiger partial charge in [-0.1, -0.05) is 32.9 Å². The molecule has 8 nitrogen and oxygen atoms in total. The summed E-state index contributed by atoms with van der Waals surface area (Å²) in [5.74, 6) is -1.85. The molecule has 0 radical (unpaired) electrons. The Balaban J connectivity index is 2.71. The lowest BCUT2D eigenvalue weighted by molar-refractivity contribution is -0.190. The maximum atomic E-state index is 13.3. The van der Waals surface area contributed by atoms with Gasteiger partial charge < -0.3 is 18.8 Å². The van der Waals surface area contributed by atoms with Crippen molar-refractivity contribution in [2.24, 2.45) is 7.05 Å². The third-order valence-electron chi connectivity index (χ3n) is 4.58. The van der Waals surface area contributed by atoms with Gasteiger partial charge in [-0.25, -0.2) is 0 Å². The zero-order valence-electron chi connectivity index (χ0n) is 18.4. The van der Waals surface area contributed by atoms with Gasteiger partial charge in [-0.05, 0) is 31.4 Å². The first-order valence-electron chi connectivity index (χ1n) is 10.5. The lowest BCUT2D eigenvalue weighted by atomic mass is 10.1. The molecule has 0 aliphatic rings. The molecular weight excluding hydrogens is 402 g/mol. The average Bonchev–Trinajstić information content (AvgIpc) is 2.72. The van der Waals surface area contributed by atoms with Crippen LogP contribution in [0.2, 0.25) is 0 Å². The summed E-state index contributed by atoms with van der Waals surface area (Å²) >= 11 is 0. The number of benzene rings is 1. The summed E-state index contributed by atoms with van der Waals surface area (Å²) in [5, 5.41) is 0.465. The Labute approximate surface area is 181 Å². The molecule has 1 aromatic carbocycles. The first-order valence-corrected chi connectivity index (χ1v) is 10.5. The van der Waals surface area contributed by atoms with Crippen LogP contribution in [0.3, 0.4) is 0 Å². The van der Waals surface area contributed by atoms with E-state index in [4.69, 9.17) is 14.2 Å². The van der Waals surface area contributed by atoms with Crippen LogP contribution in [0.15, 0.2) is 29.1 Å². The molecule has 0 aliphatic heterocycles. The summed E-state index contributed by atoms with van der Waals surface area (Å²) in [6.45, 7) is 5.42. The third-order valence-corrected chi connectivity index (χ3v) is 4.58. The number of aryl methyl sites for hydroxylation is 1. The summed E-state index contributed by atoms with van der Waals surface area (Å²) in [7, 11) is 1.55. The van der Waals surface area contributed by atoms with E-state index in [2.05, 4.69) is 0 Å². The number of hydrogen-bond donors (Lipinski definition) is 0. The van der Waals surface area contributed by atoms with E-state index in [0.29, 0.717) is 30.2 Å². The second-order valence-corrected chi connectivity index (χ2v) is 7.16. The fourth-order valence-electron chi connectivity index (χ4n) is 3.08. The highest BCUT2D eigenvalue weighted by molar-refractivity contribution is 5.89. The number of rotatable bonds is 10. The normalized spacial score (nSPS) is 10.9. The zero-order chi connectivity index (χ0) is 23.0. The molecule has 0 saturated carbocycles. The minimum Gasteiger partial charge on any atom is -0.425 e. The van der Waals surface area contributed by atoms with E-state index in [0.717, 1.165) is 0 Å². The molecule has 2 aromatic rings. The van der Waals surface area contributed by atoms with Gasteiger partial charge >= 0.3 is 17.9 Å². The highest BCUT2D eigenvalue weighted by Crippen LogP contribution is 2.34. The molecule has 0 fully saturated rings. The molecule has 8 heteroatoms. The lowest BCUT2D eigenvalue weighted by Crippen LogP contribution is -2.30. The lowest BCUT2D eigenvalue weighted by Gasteiger charge is -2.22. The van der Waals surface area contributed by atoms with Gasteiger partial charge in [0.25, 0.3) is 11.8 Å². The van der Waals surface area contributed by atoms with Gasteiger partial charge in [-0.2, -0.15) is 0 Å². The molecule has 168 valence electrons.